The van der Waals surface area contributed by atoms with Gasteiger partial charge in [-0.2, -0.15) is 13.2 Å². The van der Waals surface area contributed by atoms with Gasteiger partial charge < -0.3 is 9.63 Å². The van der Waals surface area contributed by atoms with Crippen molar-refractivity contribution in [3.05, 3.63) is 17.5 Å². The SMILES string of the molecule is Cc1cc(CN2CCC(C(O)C(F)(F)F)CC2)no1. The lowest BCUT2D eigenvalue weighted by Gasteiger charge is -2.34. The maximum Gasteiger partial charge on any atom is 0.414 e. The number of aliphatic hydroxyl groups excluding tert-OH is 1. The summed E-state index contributed by atoms with van der Waals surface area (Å²) < 4.78 is 42.1. The molecule has 2 rings (SSSR count). The molecule has 1 N–H and O–H groups in total. The van der Waals surface area contributed by atoms with Crippen LogP contribution in [0, 0.1) is 12.8 Å². The Morgan fingerprint density at radius 3 is 2.58 bits per heavy atom. The second-order valence-electron chi connectivity index (χ2n) is 5.03. The van der Waals surface area contributed by atoms with E-state index >= 15 is 0 Å². The maximum atomic E-state index is 12.4. The lowest BCUT2D eigenvalue weighted by atomic mass is 9.91. The van der Waals surface area contributed by atoms with E-state index in [-0.39, 0.29) is 0 Å². The van der Waals surface area contributed by atoms with Crippen LogP contribution >= 0.6 is 0 Å². The minimum atomic E-state index is -4.52. The molecule has 0 bridgehead atoms. The Hall–Kier alpha value is -1.08. The number of aryl methyl sites for hydroxylation is 1. The highest BCUT2D eigenvalue weighted by Crippen LogP contribution is 2.31. The molecule has 0 radical (unpaired) electrons. The largest absolute Gasteiger partial charge is 0.414 e. The number of alkyl halides is 3. The molecule has 7 heteroatoms. The minimum Gasteiger partial charge on any atom is -0.383 e. The first-order valence-corrected chi connectivity index (χ1v) is 6.25. The summed E-state index contributed by atoms with van der Waals surface area (Å²) in [6.45, 7) is 3.43. The van der Waals surface area contributed by atoms with Gasteiger partial charge in [0.05, 0.1) is 5.69 Å². The second kappa shape index (κ2) is 5.50. The van der Waals surface area contributed by atoms with Gasteiger partial charge in [0, 0.05) is 12.6 Å². The second-order valence-corrected chi connectivity index (χ2v) is 5.03. The predicted molar refractivity (Wildman–Crippen MR) is 61.3 cm³/mol. The van der Waals surface area contributed by atoms with Crippen LogP contribution in [0.1, 0.15) is 24.3 Å². The molecule has 1 aromatic rings. The zero-order valence-corrected chi connectivity index (χ0v) is 10.7. The van der Waals surface area contributed by atoms with E-state index in [1.807, 2.05) is 11.0 Å². The van der Waals surface area contributed by atoms with Crippen LogP contribution < -0.4 is 0 Å². The van der Waals surface area contributed by atoms with E-state index in [2.05, 4.69) is 5.16 Å². The van der Waals surface area contributed by atoms with Gasteiger partial charge >= 0.3 is 6.18 Å². The zero-order valence-electron chi connectivity index (χ0n) is 10.7. The summed E-state index contributed by atoms with van der Waals surface area (Å²) in [7, 11) is 0. The van der Waals surface area contributed by atoms with Crippen LogP contribution in [0.5, 0.6) is 0 Å². The molecule has 1 saturated heterocycles. The van der Waals surface area contributed by atoms with E-state index < -0.39 is 18.2 Å². The van der Waals surface area contributed by atoms with Crippen molar-refractivity contribution in [3.63, 3.8) is 0 Å². The van der Waals surface area contributed by atoms with E-state index in [1.54, 1.807) is 6.92 Å². The fourth-order valence-corrected chi connectivity index (χ4v) is 2.42. The third-order valence-electron chi connectivity index (χ3n) is 3.48. The zero-order chi connectivity index (χ0) is 14.0. The monoisotopic (exact) mass is 278 g/mol. The van der Waals surface area contributed by atoms with Gasteiger partial charge in [-0.15, -0.1) is 0 Å². The molecule has 1 atom stereocenters. The molecule has 4 nitrogen and oxygen atoms in total. The highest BCUT2D eigenvalue weighted by Gasteiger charge is 2.44. The van der Waals surface area contributed by atoms with Crippen LogP contribution in [0.25, 0.3) is 0 Å². The van der Waals surface area contributed by atoms with Crippen molar-refractivity contribution in [2.75, 3.05) is 13.1 Å². The fraction of sp³-hybridized carbons (Fsp3) is 0.750. The minimum absolute atomic E-state index is 0.345. The highest BCUT2D eigenvalue weighted by molar-refractivity contribution is 5.03. The first-order valence-electron chi connectivity index (χ1n) is 6.25. The summed E-state index contributed by atoms with van der Waals surface area (Å²) in [5.74, 6) is 0.0210. The smallest absolute Gasteiger partial charge is 0.383 e. The molecular weight excluding hydrogens is 261 g/mol. The average Bonchev–Trinajstić information content (AvgIpc) is 2.74. The molecule has 0 aliphatic carbocycles. The molecule has 19 heavy (non-hydrogen) atoms. The van der Waals surface area contributed by atoms with Gasteiger partial charge in [0.1, 0.15) is 5.76 Å². The van der Waals surface area contributed by atoms with Gasteiger partial charge in [-0.25, -0.2) is 0 Å². The van der Waals surface area contributed by atoms with E-state index in [4.69, 9.17) is 4.52 Å². The Morgan fingerprint density at radius 2 is 2.11 bits per heavy atom. The molecule has 0 spiro atoms. The van der Waals surface area contributed by atoms with Crippen LogP contribution in [-0.2, 0) is 6.54 Å². The summed E-state index contributed by atoms with van der Waals surface area (Å²) in [6, 6.07) is 1.82. The summed E-state index contributed by atoms with van der Waals surface area (Å²) >= 11 is 0. The van der Waals surface area contributed by atoms with Crippen molar-refractivity contribution < 1.29 is 22.8 Å². The number of nitrogens with zero attached hydrogens (tertiary/aromatic N) is 2. The van der Waals surface area contributed by atoms with Crippen LogP contribution in [0.4, 0.5) is 13.2 Å². The van der Waals surface area contributed by atoms with Gasteiger partial charge in [-0.1, -0.05) is 5.16 Å². The van der Waals surface area contributed by atoms with Gasteiger partial charge in [0.2, 0.25) is 0 Å². The number of piperidine rings is 1. The number of rotatable bonds is 3. The molecule has 108 valence electrons. The summed E-state index contributed by atoms with van der Waals surface area (Å²) in [6.07, 6.45) is -6.03. The van der Waals surface area contributed by atoms with E-state index in [1.165, 1.54) is 0 Å². The summed E-state index contributed by atoms with van der Waals surface area (Å²) in [5.41, 5.74) is 0.785. The fourth-order valence-electron chi connectivity index (χ4n) is 2.42. The van der Waals surface area contributed by atoms with Gasteiger partial charge in [-0.3, -0.25) is 4.90 Å². The first kappa shape index (κ1) is 14.3. The Morgan fingerprint density at radius 1 is 1.47 bits per heavy atom. The number of hydrogen-bond acceptors (Lipinski definition) is 4. The Kier molecular flexibility index (Phi) is 4.15. The topological polar surface area (TPSA) is 49.5 Å². The summed E-state index contributed by atoms with van der Waals surface area (Å²) in [5, 5.41) is 13.1. The van der Waals surface area contributed by atoms with Crippen molar-refractivity contribution in [1.29, 1.82) is 0 Å². The lowest BCUT2D eigenvalue weighted by Crippen LogP contribution is -2.43. The molecule has 1 aliphatic rings. The van der Waals surface area contributed by atoms with Crippen molar-refractivity contribution in [3.8, 4) is 0 Å². The third-order valence-corrected chi connectivity index (χ3v) is 3.48. The number of aromatic nitrogens is 1. The molecule has 0 saturated carbocycles. The Bertz CT molecular complexity index is 411. The first-order chi connectivity index (χ1) is 8.86. The molecule has 1 unspecified atom stereocenters. The normalized spacial score (nSPS) is 20.7. The van der Waals surface area contributed by atoms with Crippen LogP contribution in [0.15, 0.2) is 10.6 Å². The molecule has 1 aromatic heterocycles. The van der Waals surface area contributed by atoms with Crippen LogP contribution in [-0.4, -0.2) is 40.5 Å². The molecule has 1 aliphatic heterocycles. The quantitative estimate of drug-likeness (QED) is 0.920. The van der Waals surface area contributed by atoms with Gasteiger partial charge in [0.15, 0.2) is 6.10 Å². The van der Waals surface area contributed by atoms with Gasteiger partial charge in [-0.05, 0) is 38.8 Å². The van der Waals surface area contributed by atoms with Crippen molar-refractivity contribution in [2.24, 2.45) is 5.92 Å². The Labute approximate surface area is 109 Å². The van der Waals surface area contributed by atoms with Crippen LogP contribution in [0.3, 0.4) is 0 Å². The van der Waals surface area contributed by atoms with Gasteiger partial charge in [0.25, 0.3) is 0 Å². The highest BCUT2D eigenvalue weighted by atomic mass is 19.4. The average molecular weight is 278 g/mol. The van der Waals surface area contributed by atoms with E-state index in [9.17, 15) is 18.3 Å². The van der Waals surface area contributed by atoms with Crippen molar-refractivity contribution >= 4 is 0 Å². The molecular formula is C12H17F3N2O2. The lowest BCUT2D eigenvalue weighted by molar-refractivity contribution is -0.223. The van der Waals surface area contributed by atoms with Crippen molar-refractivity contribution in [1.82, 2.24) is 10.1 Å². The molecule has 0 amide bonds. The number of likely N-dealkylation sites (tertiary alicyclic amines) is 1. The summed E-state index contributed by atoms with van der Waals surface area (Å²) in [4.78, 5) is 2.02. The number of halogens is 3. The van der Waals surface area contributed by atoms with Crippen LogP contribution in [0.2, 0.25) is 0 Å². The maximum absolute atomic E-state index is 12.4. The molecule has 2 heterocycles. The standard InChI is InChI=1S/C12H17F3N2O2/c1-8-6-10(16-19-8)7-17-4-2-9(3-5-17)11(18)12(13,14)15/h6,9,11,18H,2-5,7H2,1H3. The van der Waals surface area contributed by atoms with Crippen molar-refractivity contribution in [2.45, 2.75) is 38.6 Å². The number of hydrogen-bond donors (Lipinski definition) is 1. The van der Waals surface area contributed by atoms with E-state index in [0.29, 0.717) is 32.5 Å². The number of aliphatic hydroxyl groups is 1. The molecule has 1 fully saturated rings. The Balaban J connectivity index is 1.82. The predicted octanol–water partition coefficient (Wildman–Crippen LogP) is 2.12. The molecule has 0 aromatic carbocycles. The third kappa shape index (κ3) is 3.70. The van der Waals surface area contributed by atoms with E-state index in [0.717, 1.165) is 11.5 Å².